The number of carboxylic acids is 1. The van der Waals surface area contributed by atoms with Crippen LogP contribution in [-0.4, -0.2) is 62.0 Å². The molecule has 0 radical (unpaired) electrons. The van der Waals surface area contributed by atoms with Crippen LogP contribution in [0.2, 0.25) is 0 Å². The smallest absolute Gasteiger partial charge is 0.328 e. The van der Waals surface area contributed by atoms with E-state index in [0.717, 1.165) is 0 Å². The van der Waals surface area contributed by atoms with Crippen molar-refractivity contribution in [2.75, 3.05) is 33.4 Å². The Bertz CT molecular complexity index is 290. The number of methoxy groups -OCH3 is 1. The number of ether oxygens (including phenoxy) is 2. The second-order valence-electron chi connectivity index (χ2n) is 4.26. The van der Waals surface area contributed by atoms with Crippen molar-refractivity contribution in [1.29, 1.82) is 0 Å². The summed E-state index contributed by atoms with van der Waals surface area (Å²) in [5.74, 6) is -1.58. The first kappa shape index (κ1) is 13.9. The number of hydrogen-bond acceptors (Lipinski definition) is 5. The van der Waals surface area contributed by atoms with Crippen LogP contribution in [0.4, 0.5) is 0 Å². The minimum atomic E-state index is -1.13. The molecule has 3 N–H and O–H groups in total. The highest BCUT2D eigenvalue weighted by Gasteiger charge is 2.33. The van der Waals surface area contributed by atoms with Crippen molar-refractivity contribution in [3.05, 3.63) is 0 Å². The molecule has 17 heavy (non-hydrogen) atoms. The average Bonchev–Trinajstić information content (AvgIpc) is 2.23. The van der Waals surface area contributed by atoms with Gasteiger partial charge in [-0.2, -0.15) is 0 Å². The molecule has 1 rings (SSSR count). The zero-order valence-corrected chi connectivity index (χ0v) is 9.99. The molecule has 1 amide bonds. The van der Waals surface area contributed by atoms with Gasteiger partial charge in [-0.15, -0.1) is 0 Å². The highest BCUT2D eigenvalue weighted by atomic mass is 16.5. The molecule has 0 aromatic rings. The number of nitrogens with one attached hydrogen (secondary N) is 2. The summed E-state index contributed by atoms with van der Waals surface area (Å²) in [5.41, 5.74) is -0.322. The van der Waals surface area contributed by atoms with Crippen molar-refractivity contribution in [3.63, 3.8) is 0 Å². The van der Waals surface area contributed by atoms with Crippen LogP contribution >= 0.6 is 0 Å². The number of carboxylic acid groups (broad SMARTS) is 1. The van der Waals surface area contributed by atoms with Crippen molar-refractivity contribution in [1.82, 2.24) is 10.6 Å². The van der Waals surface area contributed by atoms with Crippen LogP contribution in [0.5, 0.6) is 0 Å². The average molecular weight is 246 g/mol. The van der Waals surface area contributed by atoms with Crippen molar-refractivity contribution < 1.29 is 24.2 Å². The van der Waals surface area contributed by atoms with Crippen LogP contribution in [0, 0.1) is 0 Å². The SMILES string of the molecule is COCC(NC(=O)COC1(C)CNC1)C(=O)O. The van der Waals surface area contributed by atoms with Gasteiger partial charge in [0.15, 0.2) is 6.04 Å². The number of amides is 1. The fraction of sp³-hybridized carbons (Fsp3) is 0.800. The summed E-state index contributed by atoms with van der Waals surface area (Å²) in [6, 6.07) is -1.04. The van der Waals surface area contributed by atoms with Crippen LogP contribution in [0.3, 0.4) is 0 Å². The molecule has 98 valence electrons. The van der Waals surface area contributed by atoms with E-state index in [1.807, 2.05) is 6.92 Å². The molecule has 1 aliphatic heterocycles. The minimum absolute atomic E-state index is 0.0695. The molecule has 1 unspecified atom stereocenters. The van der Waals surface area contributed by atoms with E-state index in [1.54, 1.807) is 0 Å². The molecule has 7 nitrogen and oxygen atoms in total. The summed E-state index contributed by atoms with van der Waals surface area (Å²) < 4.78 is 10.1. The first-order chi connectivity index (χ1) is 7.97. The molecule has 0 aliphatic carbocycles. The van der Waals surface area contributed by atoms with Gasteiger partial charge >= 0.3 is 5.97 Å². The predicted molar refractivity (Wildman–Crippen MR) is 58.7 cm³/mol. The lowest BCUT2D eigenvalue weighted by Crippen LogP contribution is -2.60. The number of hydrogen-bond donors (Lipinski definition) is 3. The molecule has 1 aliphatic rings. The van der Waals surface area contributed by atoms with E-state index < -0.39 is 17.9 Å². The molecule has 0 saturated carbocycles. The summed E-state index contributed by atoms with van der Waals surface area (Å²) in [6.45, 7) is 3.06. The van der Waals surface area contributed by atoms with Crippen LogP contribution in [0.1, 0.15) is 6.92 Å². The highest BCUT2D eigenvalue weighted by Crippen LogP contribution is 2.14. The van der Waals surface area contributed by atoms with Crippen molar-refractivity contribution in [2.45, 2.75) is 18.6 Å². The summed E-state index contributed by atoms with van der Waals surface area (Å²) in [5, 5.41) is 14.2. The van der Waals surface area contributed by atoms with Gasteiger partial charge in [-0.1, -0.05) is 0 Å². The van der Waals surface area contributed by atoms with E-state index >= 15 is 0 Å². The van der Waals surface area contributed by atoms with E-state index in [0.29, 0.717) is 13.1 Å². The van der Waals surface area contributed by atoms with E-state index in [1.165, 1.54) is 7.11 Å². The summed E-state index contributed by atoms with van der Waals surface area (Å²) in [7, 11) is 1.37. The molecule has 1 saturated heterocycles. The molecular formula is C10H18N2O5. The fourth-order valence-corrected chi connectivity index (χ4v) is 1.40. The van der Waals surface area contributed by atoms with E-state index in [2.05, 4.69) is 10.6 Å². The Morgan fingerprint density at radius 2 is 2.18 bits per heavy atom. The van der Waals surface area contributed by atoms with Crippen molar-refractivity contribution in [3.8, 4) is 0 Å². The lowest BCUT2D eigenvalue weighted by Gasteiger charge is -2.38. The van der Waals surface area contributed by atoms with Gasteiger partial charge in [-0.3, -0.25) is 4.79 Å². The topological polar surface area (TPSA) is 96.9 Å². The van der Waals surface area contributed by atoms with Gasteiger partial charge in [-0.25, -0.2) is 4.79 Å². The maximum Gasteiger partial charge on any atom is 0.328 e. The summed E-state index contributed by atoms with van der Waals surface area (Å²) in [4.78, 5) is 22.2. The Kier molecular flexibility index (Phi) is 4.86. The van der Waals surface area contributed by atoms with Crippen LogP contribution < -0.4 is 10.6 Å². The Morgan fingerprint density at radius 3 is 2.59 bits per heavy atom. The third-order valence-electron chi connectivity index (χ3n) is 2.52. The summed E-state index contributed by atoms with van der Waals surface area (Å²) >= 11 is 0. The Hall–Kier alpha value is -1.18. The quantitative estimate of drug-likeness (QED) is 0.510. The van der Waals surface area contributed by atoms with Crippen LogP contribution in [-0.2, 0) is 19.1 Å². The molecule has 1 fully saturated rings. The number of aliphatic carboxylic acids is 1. The molecule has 0 aromatic heterocycles. The van der Waals surface area contributed by atoms with Gasteiger partial charge < -0.3 is 25.2 Å². The first-order valence-corrected chi connectivity index (χ1v) is 5.32. The van der Waals surface area contributed by atoms with Crippen LogP contribution in [0.15, 0.2) is 0 Å². The Morgan fingerprint density at radius 1 is 1.53 bits per heavy atom. The van der Waals surface area contributed by atoms with Gasteiger partial charge in [0, 0.05) is 20.2 Å². The maximum absolute atomic E-state index is 11.4. The standard InChI is InChI=1S/C10H18N2O5/c1-10(5-11-6-10)17-4-8(13)12-7(3-16-2)9(14)15/h7,11H,3-6H2,1-2H3,(H,12,13)(H,14,15). The monoisotopic (exact) mass is 246 g/mol. The molecule has 0 bridgehead atoms. The lowest BCUT2D eigenvalue weighted by molar-refractivity contribution is -0.146. The number of rotatable bonds is 7. The fourth-order valence-electron chi connectivity index (χ4n) is 1.40. The third-order valence-corrected chi connectivity index (χ3v) is 2.52. The molecule has 0 aromatic carbocycles. The minimum Gasteiger partial charge on any atom is -0.480 e. The van der Waals surface area contributed by atoms with Crippen LogP contribution in [0.25, 0.3) is 0 Å². The van der Waals surface area contributed by atoms with Gasteiger partial charge in [0.1, 0.15) is 6.61 Å². The van der Waals surface area contributed by atoms with Gasteiger partial charge in [0.25, 0.3) is 0 Å². The maximum atomic E-state index is 11.4. The van der Waals surface area contributed by atoms with Gasteiger partial charge in [-0.05, 0) is 6.92 Å². The zero-order valence-electron chi connectivity index (χ0n) is 9.99. The molecular weight excluding hydrogens is 228 g/mol. The second kappa shape index (κ2) is 5.95. The molecule has 1 atom stereocenters. The molecule has 7 heteroatoms. The van der Waals surface area contributed by atoms with E-state index in [9.17, 15) is 9.59 Å². The predicted octanol–water partition coefficient (Wildman–Crippen LogP) is -1.42. The first-order valence-electron chi connectivity index (χ1n) is 5.32. The molecule has 0 spiro atoms. The van der Waals surface area contributed by atoms with E-state index in [-0.39, 0.29) is 18.8 Å². The van der Waals surface area contributed by atoms with Crippen molar-refractivity contribution in [2.24, 2.45) is 0 Å². The van der Waals surface area contributed by atoms with Gasteiger partial charge in [0.05, 0.1) is 12.2 Å². The number of carbonyl (C=O) groups is 2. The molecule has 1 heterocycles. The second-order valence-corrected chi connectivity index (χ2v) is 4.26. The van der Waals surface area contributed by atoms with E-state index in [4.69, 9.17) is 14.6 Å². The van der Waals surface area contributed by atoms with Crippen molar-refractivity contribution >= 4 is 11.9 Å². The Labute approximate surface area is 99.5 Å². The summed E-state index contributed by atoms with van der Waals surface area (Å²) in [6.07, 6.45) is 0. The number of carbonyl (C=O) groups excluding carboxylic acids is 1. The zero-order chi connectivity index (χ0) is 12.9. The Balaban J connectivity index is 2.29. The van der Waals surface area contributed by atoms with Gasteiger partial charge in [0.2, 0.25) is 5.91 Å². The highest BCUT2D eigenvalue weighted by molar-refractivity contribution is 5.84. The third kappa shape index (κ3) is 4.29. The lowest BCUT2D eigenvalue weighted by atomic mass is 10.0. The largest absolute Gasteiger partial charge is 0.480 e. The normalized spacial score (nSPS) is 19.2.